The second kappa shape index (κ2) is 5.16. The molecule has 2 aliphatic rings. The topological polar surface area (TPSA) is 3.24 Å². The smallest absolute Gasteiger partial charge is 0.00987 e. The molecule has 0 radical (unpaired) electrons. The molecule has 0 bridgehead atoms. The number of rotatable bonds is 3. The summed E-state index contributed by atoms with van der Waals surface area (Å²) in [5.74, 6) is 0. The van der Waals surface area contributed by atoms with Crippen LogP contribution in [0.4, 0.5) is 0 Å². The zero-order chi connectivity index (χ0) is 9.80. The van der Waals surface area contributed by atoms with Crippen molar-refractivity contribution in [3.63, 3.8) is 0 Å². The van der Waals surface area contributed by atoms with Crippen LogP contribution in [0.5, 0.6) is 0 Å². The lowest BCUT2D eigenvalue weighted by Gasteiger charge is -2.28. The first-order valence-electron chi connectivity index (χ1n) is 6.67. The van der Waals surface area contributed by atoms with E-state index >= 15 is 0 Å². The Morgan fingerprint density at radius 3 is 2.86 bits per heavy atom. The van der Waals surface area contributed by atoms with Crippen LogP contribution in [0, 0.1) is 0 Å². The molecule has 1 heteroatoms. The van der Waals surface area contributed by atoms with Crippen LogP contribution in [-0.4, -0.2) is 23.5 Å². The summed E-state index contributed by atoms with van der Waals surface area (Å²) in [6, 6.07) is 1.93. The first-order valence-corrected chi connectivity index (χ1v) is 6.67. The van der Waals surface area contributed by atoms with Crippen molar-refractivity contribution in [1.29, 1.82) is 0 Å². The fourth-order valence-corrected chi connectivity index (χ4v) is 3.29. The van der Waals surface area contributed by atoms with Gasteiger partial charge in [0.15, 0.2) is 0 Å². The fourth-order valence-electron chi connectivity index (χ4n) is 3.29. The van der Waals surface area contributed by atoms with Gasteiger partial charge in [0.1, 0.15) is 0 Å². The van der Waals surface area contributed by atoms with Gasteiger partial charge in [-0.1, -0.05) is 32.6 Å². The average molecular weight is 195 g/mol. The highest BCUT2D eigenvalue weighted by molar-refractivity contribution is 4.88. The number of hydrogen-bond donors (Lipinski definition) is 0. The summed E-state index contributed by atoms with van der Waals surface area (Å²) >= 11 is 0. The maximum absolute atomic E-state index is 2.85. The van der Waals surface area contributed by atoms with E-state index in [4.69, 9.17) is 0 Å². The van der Waals surface area contributed by atoms with Crippen molar-refractivity contribution < 1.29 is 0 Å². The average Bonchev–Trinajstić information content (AvgIpc) is 2.45. The van der Waals surface area contributed by atoms with E-state index in [0.717, 1.165) is 12.1 Å². The van der Waals surface area contributed by atoms with E-state index < -0.39 is 0 Å². The maximum atomic E-state index is 2.85. The van der Waals surface area contributed by atoms with Gasteiger partial charge in [0.05, 0.1) is 0 Å². The van der Waals surface area contributed by atoms with Gasteiger partial charge < -0.3 is 0 Å². The van der Waals surface area contributed by atoms with Crippen molar-refractivity contribution in [3.05, 3.63) is 0 Å². The molecular formula is C13H25N. The van der Waals surface area contributed by atoms with Crippen LogP contribution in [0.3, 0.4) is 0 Å². The molecule has 0 aromatic heterocycles. The Kier molecular flexibility index (Phi) is 3.86. The highest BCUT2D eigenvalue weighted by Crippen LogP contribution is 2.32. The second-order valence-corrected chi connectivity index (χ2v) is 5.11. The Morgan fingerprint density at radius 2 is 2.00 bits per heavy atom. The minimum atomic E-state index is 0.957. The first-order chi connectivity index (χ1) is 6.92. The molecule has 1 nitrogen and oxygen atoms in total. The van der Waals surface area contributed by atoms with Crippen LogP contribution in [0.15, 0.2) is 0 Å². The van der Waals surface area contributed by atoms with Crippen LogP contribution < -0.4 is 0 Å². The molecule has 2 atom stereocenters. The Hall–Kier alpha value is -0.0400. The number of hydrogen-bond acceptors (Lipinski definition) is 1. The molecule has 82 valence electrons. The first kappa shape index (κ1) is 10.5. The number of unbranched alkanes of at least 4 members (excludes halogenated alkanes) is 1. The van der Waals surface area contributed by atoms with E-state index in [1.807, 2.05) is 0 Å². The zero-order valence-corrected chi connectivity index (χ0v) is 9.67. The molecular weight excluding hydrogens is 170 g/mol. The molecule has 0 aromatic carbocycles. The Morgan fingerprint density at radius 1 is 1.07 bits per heavy atom. The molecule has 2 heterocycles. The van der Waals surface area contributed by atoms with E-state index in [1.54, 1.807) is 0 Å². The third-order valence-corrected chi connectivity index (χ3v) is 4.12. The van der Waals surface area contributed by atoms with E-state index in [2.05, 4.69) is 11.8 Å². The van der Waals surface area contributed by atoms with Gasteiger partial charge in [-0.05, 0) is 38.6 Å². The SMILES string of the molecule is CCCC[C@@H]1CC[C@H]2CCCCCN12. The predicted molar refractivity (Wildman–Crippen MR) is 61.5 cm³/mol. The molecule has 2 fully saturated rings. The molecule has 0 aliphatic carbocycles. The van der Waals surface area contributed by atoms with E-state index in [-0.39, 0.29) is 0 Å². The quantitative estimate of drug-likeness (QED) is 0.665. The fraction of sp³-hybridized carbons (Fsp3) is 1.00. The van der Waals surface area contributed by atoms with Gasteiger partial charge in [0.25, 0.3) is 0 Å². The maximum Gasteiger partial charge on any atom is 0.00987 e. The molecule has 2 saturated heterocycles. The highest BCUT2D eigenvalue weighted by Gasteiger charge is 2.32. The molecule has 0 saturated carbocycles. The minimum absolute atomic E-state index is 0.957. The van der Waals surface area contributed by atoms with Gasteiger partial charge >= 0.3 is 0 Å². The molecule has 14 heavy (non-hydrogen) atoms. The van der Waals surface area contributed by atoms with Crippen LogP contribution in [0.2, 0.25) is 0 Å². The van der Waals surface area contributed by atoms with E-state index in [9.17, 15) is 0 Å². The predicted octanol–water partition coefficient (Wildman–Crippen LogP) is 3.58. The van der Waals surface area contributed by atoms with Crippen LogP contribution in [-0.2, 0) is 0 Å². The summed E-state index contributed by atoms with van der Waals surface area (Å²) in [5.41, 5.74) is 0. The van der Waals surface area contributed by atoms with Crippen molar-refractivity contribution >= 4 is 0 Å². The van der Waals surface area contributed by atoms with Crippen molar-refractivity contribution in [2.45, 2.75) is 76.8 Å². The standard InChI is InChI=1S/C13H25N/c1-2-3-7-12-9-10-13-8-5-4-6-11-14(12)13/h12-13H,2-11H2,1H3/t12-,13-/m1/s1. The Balaban J connectivity index is 1.87. The van der Waals surface area contributed by atoms with E-state index in [0.29, 0.717) is 0 Å². The largest absolute Gasteiger partial charge is 0.297 e. The third kappa shape index (κ3) is 2.31. The molecule has 0 amide bonds. The van der Waals surface area contributed by atoms with Crippen LogP contribution in [0.1, 0.15) is 64.7 Å². The zero-order valence-electron chi connectivity index (χ0n) is 9.67. The molecule has 0 unspecified atom stereocenters. The Labute approximate surface area is 88.9 Å². The molecule has 0 spiro atoms. The van der Waals surface area contributed by atoms with Gasteiger partial charge in [-0.25, -0.2) is 0 Å². The molecule has 2 aliphatic heterocycles. The van der Waals surface area contributed by atoms with Gasteiger partial charge in [-0.3, -0.25) is 4.90 Å². The summed E-state index contributed by atoms with van der Waals surface area (Å²) in [4.78, 5) is 2.85. The molecule has 0 aromatic rings. The number of fused-ring (bicyclic) bond motifs is 1. The summed E-state index contributed by atoms with van der Waals surface area (Å²) < 4.78 is 0. The lowest BCUT2D eigenvalue weighted by atomic mass is 10.1. The minimum Gasteiger partial charge on any atom is -0.297 e. The van der Waals surface area contributed by atoms with Crippen molar-refractivity contribution in [1.82, 2.24) is 4.90 Å². The van der Waals surface area contributed by atoms with Crippen LogP contribution >= 0.6 is 0 Å². The monoisotopic (exact) mass is 195 g/mol. The summed E-state index contributed by atoms with van der Waals surface area (Å²) in [6.45, 7) is 3.72. The van der Waals surface area contributed by atoms with Crippen molar-refractivity contribution in [3.8, 4) is 0 Å². The summed E-state index contributed by atoms with van der Waals surface area (Å²) in [6.07, 6.45) is 13.2. The van der Waals surface area contributed by atoms with Crippen LogP contribution in [0.25, 0.3) is 0 Å². The Bertz CT molecular complexity index is 167. The lowest BCUT2D eigenvalue weighted by molar-refractivity contribution is 0.187. The van der Waals surface area contributed by atoms with E-state index in [1.165, 1.54) is 64.3 Å². The molecule has 2 rings (SSSR count). The second-order valence-electron chi connectivity index (χ2n) is 5.11. The highest BCUT2D eigenvalue weighted by atomic mass is 15.2. The summed E-state index contributed by atoms with van der Waals surface area (Å²) in [7, 11) is 0. The van der Waals surface area contributed by atoms with Gasteiger partial charge in [-0.15, -0.1) is 0 Å². The normalized spacial score (nSPS) is 34.1. The van der Waals surface area contributed by atoms with Gasteiger partial charge in [0.2, 0.25) is 0 Å². The third-order valence-electron chi connectivity index (χ3n) is 4.12. The van der Waals surface area contributed by atoms with Gasteiger partial charge in [0, 0.05) is 12.1 Å². The summed E-state index contributed by atoms with van der Waals surface area (Å²) in [5, 5.41) is 0. The van der Waals surface area contributed by atoms with Gasteiger partial charge in [-0.2, -0.15) is 0 Å². The molecule has 0 N–H and O–H groups in total. The van der Waals surface area contributed by atoms with Crippen molar-refractivity contribution in [2.24, 2.45) is 0 Å². The van der Waals surface area contributed by atoms with Crippen molar-refractivity contribution in [2.75, 3.05) is 6.54 Å². The lowest BCUT2D eigenvalue weighted by Crippen LogP contribution is -2.35. The number of nitrogens with zero attached hydrogens (tertiary/aromatic N) is 1.